The smallest absolute Gasteiger partial charge is 0.144 e. The molecule has 2 aromatic rings. The van der Waals surface area contributed by atoms with Gasteiger partial charge in [0.2, 0.25) is 0 Å². The van der Waals surface area contributed by atoms with Crippen LogP contribution in [-0.4, -0.2) is 37.1 Å². The zero-order chi connectivity index (χ0) is 13.1. The Labute approximate surface area is 111 Å². The number of nitrogens with two attached hydrogens (primary N) is 1. The van der Waals surface area contributed by atoms with E-state index in [1.807, 2.05) is 19.1 Å². The molecule has 0 radical (unpaired) electrons. The maximum atomic E-state index is 5.98. The van der Waals surface area contributed by atoms with E-state index >= 15 is 0 Å². The molecule has 98 valence electrons. The van der Waals surface area contributed by atoms with Crippen LogP contribution in [0.25, 0.3) is 10.2 Å². The van der Waals surface area contributed by atoms with Crippen LogP contribution in [0, 0.1) is 6.92 Å². The molecule has 1 aromatic carbocycles. The Bertz CT molecular complexity index is 536. The van der Waals surface area contributed by atoms with Crippen LogP contribution in [0.4, 0.5) is 5.69 Å². The van der Waals surface area contributed by atoms with Crippen molar-refractivity contribution in [3.05, 3.63) is 17.1 Å². The van der Waals surface area contributed by atoms with E-state index in [1.165, 1.54) is 0 Å². The summed E-state index contributed by atoms with van der Waals surface area (Å²) in [6, 6.07) is 3.88. The number of benzene rings is 1. The molecule has 0 atom stereocenters. The molecule has 1 aromatic heterocycles. The summed E-state index contributed by atoms with van der Waals surface area (Å²) in [7, 11) is 4.11. The van der Waals surface area contributed by atoms with Gasteiger partial charge in [0.05, 0.1) is 27.5 Å². The van der Waals surface area contributed by atoms with Crippen molar-refractivity contribution in [2.75, 3.05) is 33.0 Å². The number of fused-ring (bicyclic) bond motifs is 1. The van der Waals surface area contributed by atoms with E-state index in [2.05, 4.69) is 24.0 Å². The molecule has 2 rings (SSSR count). The van der Waals surface area contributed by atoms with Gasteiger partial charge in [0.1, 0.15) is 5.75 Å². The highest BCUT2D eigenvalue weighted by Crippen LogP contribution is 2.31. The molecule has 0 saturated carbocycles. The maximum Gasteiger partial charge on any atom is 0.144 e. The van der Waals surface area contributed by atoms with Crippen LogP contribution in [-0.2, 0) is 0 Å². The van der Waals surface area contributed by atoms with Gasteiger partial charge in [-0.25, -0.2) is 4.98 Å². The molecule has 4 nitrogen and oxygen atoms in total. The monoisotopic (exact) mass is 265 g/mol. The Morgan fingerprint density at radius 1 is 1.39 bits per heavy atom. The van der Waals surface area contributed by atoms with E-state index in [0.29, 0.717) is 12.3 Å². The number of ether oxygens (including phenoxy) is 1. The zero-order valence-corrected chi connectivity index (χ0v) is 11.9. The number of thiazole rings is 1. The highest BCUT2D eigenvalue weighted by molar-refractivity contribution is 7.18. The topological polar surface area (TPSA) is 51.4 Å². The molecular weight excluding hydrogens is 246 g/mol. The van der Waals surface area contributed by atoms with E-state index in [0.717, 1.165) is 33.9 Å². The Balaban J connectivity index is 2.05. The molecule has 2 N–H and O–H groups in total. The van der Waals surface area contributed by atoms with Crippen molar-refractivity contribution in [2.24, 2.45) is 0 Å². The van der Waals surface area contributed by atoms with E-state index in [-0.39, 0.29) is 0 Å². The highest BCUT2D eigenvalue weighted by Gasteiger charge is 2.07. The van der Waals surface area contributed by atoms with Crippen molar-refractivity contribution >= 4 is 27.2 Å². The third kappa shape index (κ3) is 3.11. The quantitative estimate of drug-likeness (QED) is 0.666. The minimum Gasteiger partial charge on any atom is -0.491 e. The molecule has 18 heavy (non-hydrogen) atoms. The SMILES string of the molecule is Cc1nc2cc(OCCCN(C)C)c(N)cc2s1. The van der Waals surface area contributed by atoms with E-state index in [1.54, 1.807) is 11.3 Å². The number of nitrogen functional groups attached to an aromatic ring is 1. The van der Waals surface area contributed by atoms with Crippen molar-refractivity contribution < 1.29 is 4.74 Å². The van der Waals surface area contributed by atoms with E-state index < -0.39 is 0 Å². The zero-order valence-electron chi connectivity index (χ0n) is 11.1. The first kappa shape index (κ1) is 13.1. The Morgan fingerprint density at radius 2 is 2.17 bits per heavy atom. The van der Waals surface area contributed by atoms with Crippen molar-refractivity contribution in [3.63, 3.8) is 0 Å². The van der Waals surface area contributed by atoms with Gasteiger partial charge in [0.15, 0.2) is 0 Å². The fourth-order valence-corrected chi connectivity index (χ4v) is 2.63. The lowest BCUT2D eigenvalue weighted by atomic mass is 10.3. The number of aryl methyl sites for hydroxylation is 1. The number of hydrogen-bond acceptors (Lipinski definition) is 5. The Hall–Kier alpha value is -1.33. The predicted molar refractivity (Wildman–Crippen MR) is 77.4 cm³/mol. The second-order valence-corrected chi connectivity index (χ2v) is 5.83. The molecule has 0 aliphatic heterocycles. The Kier molecular flexibility index (Phi) is 4.04. The average molecular weight is 265 g/mol. The maximum absolute atomic E-state index is 5.98. The van der Waals surface area contributed by atoms with Crippen LogP contribution in [0.5, 0.6) is 5.75 Å². The summed E-state index contributed by atoms with van der Waals surface area (Å²) in [6.45, 7) is 3.69. The van der Waals surface area contributed by atoms with Crippen molar-refractivity contribution in [1.29, 1.82) is 0 Å². The summed E-state index contributed by atoms with van der Waals surface area (Å²) >= 11 is 1.65. The second-order valence-electron chi connectivity index (χ2n) is 4.60. The minimum atomic E-state index is 0.678. The lowest BCUT2D eigenvalue weighted by molar-refractivity contribution is 0.283. The van der Waals surface area contributed by atoms with Gasteiger partial charge in [-0.2, -0.15) is 0 Å². The van der Waals surface area contributed by atoms with Crippen LogP contribution in [0.2, 0.25) is 0 Å². The van der Waals surface area contributed by atoms with Crippen LogP contribution in [0.3, 0.4) is 0 Å². The molecule has 0 unspecified atom stereocenters. The minimum absolute atomic E-state index is 0.678. The largest absolute Gasteiger partial charge is 0.491 e. The van der Waals surface area contributed by atoms with Gasteiger partial charge in [-0.3, -0.25) is 0 Å². The average Bonchev–Trinajstić information content (AvgIpc) is 2.63. The van der Waals surface area contributed by atoms with Gasteiger partial charge in [0.25, 0.3) is 0 Å². The second kappa shape index (κ2) is 5.54. The molecule has 5 heteroatoms. The molecular formula is C13H19N3OS. The van der Waals surface area contributed by atoms with Crippen LogP contribution < -0.4 is 10.5 Å². The van der Waals surface area contributed by atoms with Gasteiger partial charge in [-0.15, -0.1) is 11.3 Å². The molecule has 1 heterocycles. The predicted octanol–water partition coefficient (Wildman–Crippen LogP) is 2.52. The molecule has 0 bridgehead atoms. The first-order valence-corrected chi connectivity index (χ1v) is 6.82. The van der Waals surface area contributed by atoms with Crippen LogP contribution in [0.1, 0.15) is 11.4 Å². The fraction of sp³-hybridized carbons (Fsp3) is 0.462. The van der Waals surface area contributed by atoms with Crippen LogP contribution >= 0.6 is 11.3 Å². The number of aromatic nitrogens is 1. The van der Waals surface area contributed by atoms with Crippen molar-refractivity contribution in [3.8, 4) is 5.75 Å². The molecule has 0 amide bonds. The van der Waals surface area contributed by atoms with Gasteiger partial charge >= 0.3 is 0 Å². The molecule has 0 fully saturated rings. The van der Waals surface area contributed by atoms with E-state index in [4.69, 9.17) is 10.5 Å². The first-order valence-electron chi connectivity index (χ1n) is 6.00. The molecule has 0 saturated heterocycles. The van der Waals surface area contributed by atoms with Crippen LogP contribution in [0.15, 0.2) is 12.1 Å². The van der Waals surface area contributed by atoms with Gasteiger partial charge < -0.3 is 15.4 Å². The summed E-state index contributed by atoms with van der Waals surface area (Å²) in [5.74, 6) is 0.742. The van der Waals surface area contributed by atoms with E-state index in [9.17, 15) is 0 Å². The summed E-state index contributed by atoms with van der Waals surface area (Å²) in [5.41, 5.74) is 7.64. The molecule has 0 aliphatic carbocycles. The number of anilines is 1. The van der Waals surface area contributed by atoms with Crippen molar-refractivity contribution in [1.82, 2.24) is 9.88 Å². The van der Waals surface area contributed by atoms with Gasteiger partial charge in [-0.05, 0) is 33.5 Å². The Morgan fingerprint density at radius 3 is 2.89 bits per heavy atom. The number of hydrogen-bond donors (Lipinski definition) is 1. The first-order chi connectivity index (χ1) is 8.56. The summed E-state index contributed by atoms with van der Waals surface area (Å²) in [4.78, 5) is 6.58. The molecule has 0 aliphatic rings. The van der Waals surface area contributed by atoms with Crippen molar-refractivity contribution in [2.45, 2.75) is 13.3 Å². The summed E-state index contributed by atoms with van der Waals surface area (Å²) in [5, 5.41) is 1.05. The van der Waals surface area contributed by atoms with Gasteiger partial charge in [0, 0.05) is 12.6 Å². The third-order valence-corrected chi connectivity index (χ3v) is 3.57. The highest BCUT2D eigenvalue weighted by atomic mass is 32.1. The van der Waals surface area contributed by atoms with Gasteiger partial charge in [-0.1, -0.05) is 0 Å². The number of rotatable bonds is 5. The summed E-state index contributed by atoms with van der Waals surface area (Å²) < 4.78 is 6.83. The summed E-state index contributed by atoms with van der Waals surface area (Å²) in [6.07, 6.45) is 0.987. The fourth-order valence-electron chi connectivity index (χ4n) is 1.77. The number of nitrogens with zero attached hydrogens (tertiary/aromatic N) is 2. The third-order valence-electron chi connectivity index (χ3n) is 2.63. The normalized spacial score (nSPS) is 11.3. The molecule has 0 spiro atoms. The standard InChI is InChI=1S/C13H19N3OS/c1-9-15-11-8-12(10(14)7-13(11)18-9)17-6-4-5-16(2)3/h7-8H,4-6,14H2,1-3H3. The lowest BCUT2D eigenvalue weighted by Crippen LogP contribution is -2.15. The lowest BCUT2D eigenvalue weighted by Gasteiger charge is -2.11.